The van der Waals surface area contributed by atoms with Crippen molar-refractivity contribution in [3.8, 4) is 0 Å². The van der Waals surface area contributed by atoms with E-state index in [0.29, 0.717) is 5.56 Å². The minimum Gasteiger partial charge on any atom is -0.383 e. The highest BCUT2D eigenvalue weighted by molar-refractivity contribution is 5.59. The molecule has 0 amide bonds. The molecule has 0 aromatic heterocycles. The van der Waals surface area contributed by atoms with Crippen LogP contribution in [-0.2, 0) is 0 Å². The lowest BCUT2D eigenvalue weighted by Crippen LogP contribution is -2.23. The molecule has 0 aliphatic rings. The van der Waals surface area contributed by atoms with Crippen molar-refractivity contribution in [3.05, 3.63) is 33.9 Å². The molecule has 2 N–H and O–H groups in total. The van der Waals surface area contributed by atoms with Gasteiger partial charge in [0.1, 0.15) is 0 Å². The zero-order valence-electron chi connectivity index (χ0n) is 10.3. The zero-order valence-corrected chi connectivity index (χ0v) is 10.3. The Balaban J connectivity index is 2.54. The molecule has 17 heavy (non-hydrogen) atoms. The normalized spacial score (nSPS) is 10.2. The fourth-order valence-electron chi connectivity index (χ4n) is 1.60. The SMILES string of the molecule is CCCNCCNc1cccc([N+](=O)[O-])c1C. The van der Waals surface area contributed by atoms with Crippen LogP contribution >= 0.6 is 0 Å². The average Bonchev–Trinajstić information content (AvgIpc) is 2.30. The molecule has 1 aromatic carbocycles. The summed E-state index contributed by atoms with van der Waals surface area (Å²) < 4.78 is 0. The van der Waals surface area contributed by atoms with E-state index in [1.54, 1.807) is 13.0 Å². The molecule has 0 unspecified atom stereocenters. The van der Waals surface area contributed by atoms with Crippen LogP contribution in [0.2, 0.25) is 0 Å². The summed E-state index contributed by atoms with van der Waals surface area (Å²) in [6.07, 6.45) is 1.11. The highest BCUT2D eigenvalue weighted by Gasteiger charge is 2.12. The summed E-state index contributed by atoms with van der Waals surface area (Å²) in [6, 6.07) is 5.09. The lowest BCUT2D eigenvalue weighted by molar-refractivity contribution is -0.385. The van der Waals surface area contributed by atoms with Crippen LogP contribution in [-0.4, -0.2) is 24.6 Å². The molecule has 5 nitrogen and oxygen atoms in total. The maximum Gasteiger partial charge on any atom is 0.274 e. The number of hydrogen-bond donors (Lipinski definition) is 2. The van der Waals surface area contributed by atoms with Gasteiger partial charge in [0.2, 0.25) is 0 Å². The molecule has 0 radical (unpaired) electrons. The smallest absolute Gasteiger partial charge is 0.274 e. The monoisotopic (exact) mass is 237 g/mol. The second kappa shape index (κ2) is 6.85. The molecular formula is C12H19N3O2. The van der Waals surface area contributed by atoms with Crippen LogP contribution in [0.1, 0.15) is 18.9 Å². The van der Waals surface area contributed by atoms with Gasteiger partial charge >= 0.3 is 0 Å². The molecule has 0 aliphatic heterocycles. The van der Waals surface area contributed by atoms with Crippen LogP contribution < -0.4 is 10.6 Å². The second-order valence-corrected chi connectivity index (χ2v) is 3.88. The summed E-state index contributed by atoms with van der Waals surface area (Å²) in [5, 5.41) is 17.2. The largest absolute Gasteiger partial charge is 0.383 e. The van der Waals surface area contributed by atoms with E-state index in [0.717, 1.165) is 31.7 Å². The van der Waals surface area contributed by atoms with Crippen LogP contribution in [0.3, 0.4) is 0 Å². The fourth-order valence-corrected chi connectivity index (χ4v) is 1.60. The summed E-state index contributed by atoms with van der Waals surface area (Å²) in [6.45, 7) is 6.50. The summed E-state index contributed by atoms with van der Waals surface area (Å²) in [5.74, 6) is 0. The quantitative estimate of drug-likeness (QED) is 0.434. The number of nitro groups is 1. The van der Waals surface area contributed by atoms with E-state index < -0.39 is 0 Å². The predicted molar refractivity (Wildman–Crippen MR) is 69.5 cm³/mol. The van der Waals surface area contributed by atoms with Crippen LogP contribution in [0.25, 0.3) is 0 Å². The molecule has 0 atom stereocenters. The van der Waals surface area contributed by atoms with Crippen molar-refractivity contribution in [2.45, 2.75) is 20.3 Å². The molecule has 94 valence electrons. The number of benzene rings is 1. The van der Waals surface area contributed by atoms with E-state index in [1.807, 2.05) is 6.07 Å². The summed E-state index contributed by atoms with van der Waals surface area (Å²) in [4.78, 5) is 10.4. The van der Waals surface area contributed by atoms with Crippen molar-refractivity contribution < 1.29 is 4.92 Å². The average molecular weight is 237 g/mol. The summed E-state index contributed by atoms with van der Waals surface area (Å²) in [7, 11) is 0. The number of nitro benzene ring substituents is 1. The third-order valence-electron chi connectivity index (χ3n) is 2.55. The van der Waals surface area contributed by atoms with Gasteiger partial charge in [-0.1, -0.05) is 13.0 Å². The van der Waals surface area contributed by atoms with E-state index in [1.165, 1.54) is 6.07 Å². The first-order valence-electron chi connectivity index (χ1n) is 5.85. The van der Waals surface area contributed by atoms with Gasteiger partial charge in [0.05, 0.1) is 4.92 Å². The zero-order chi connectivity index (χ0) is 12.7. The van der Waals surface area contributed by atoms with E-state index in [4.69, 9.17) is 0 Å². The molecular weight excluding hydrogens is 218 g/mol. The molecule has 0 saturated carbocycles. The van der Waals surface area contributed by atoms with Crippen molar-refractivity contribution >= 4 is 11.4 Å². The number of nitrogens with one attached hydrogen (secondary N) is 2. The molecule has 1 aromatic rings. The van der Waals surface area contributed by atoms with Crippen molar-refractivity contribution in [2.75, 3.05) is 25.0 Å². The highest BCUT2D eigenvalue weighted by atomic mass is 16.6. The second-order valence-electron chi connectivity index (χ2n) is 3.88. The number of rotatable bonds is 7. The molecule has 0 bridgehead atoms. The first kappa shape index (κ1) is 13.4. The Bertz CT molecular complexity index is 380. The molecule has 0 saturated heterocycles. The molecule has 0 heterocycles. The van der Waals surface area contributed by atoms with E-state index >= 15 is 0 Å². The van der Waals surface area contributed by atoms with E-state index in [2.05, 4.69) is 17.6 Å². The van der Waals surface area contributed by atoms with Gasteiger partial charge in [-0.2, -0.15) is 0 Å². The van der Waals surface area contributed by atoms with Crippen molar-refractivity contribution in [2.24, 2.45) is 0 Å². The molecule has 0 fully saturated rings. The van der Waals surface area contributed by atoms with Gasteiger partial charge in [0.25, 0.3) is 5.69 Å². The molecule has 0 aliphatic carbocycles. The van der Waals surface area contributed by atoms with E-state index in [-0.39, 0.29) is 10.6 Å². The Morgan fingerprint density at radius 1 is 1.29 bits per heavy atom. The Kier molecular flexibility index (Phi) is 5.42. The molecule has 5 heteroatoms. The van der Waals surface area contributed by atoms with Gasteiger partial charge in [-0.15, -0.1) is 0 Å². The van der Waals surface area contributed by atoms with Gasteiger partial charge in [-0.25, -0.2) is 0 Å². The third kappa shape index (κ3) is 4.03. The molecule has 0 spiro atoms. The lowest BCUT2D eigenvalue weighted by Gasteiger charge is -2.09. The number of anilines is 1. The standard InChI is InChI=1S/C12H19N3O2/c1-3-7-13-8-9-14-11-5-4-6-12(10(11)2)15(16)17/h4-6,13-14H,3,7-9H2,1-2H3. The molecule has 1 rings (SSSR count). The van der Waals surface area contributed by atoms with Crippen molar-refractivity contribution in [1.29, 1.82) is 0 Å². The van der Waals surface area contributed by atoms with Crippen molar-refractivity contribution in [3.63, 3.8) is 0 Å². The van der Waals surface area contributed by atoms with Gasteiger partial charge in [-0.05, 0) is 26.0 Å². The van der Waals surface area contributed by atoms with Gasteiger partial charge in [0, 0.05) is 30.4 Å². The van der Waals surface area contributed by atoms with Crippen LogP contribution in [0.15, 0.2) is 18.2 Å². The van der Waals surface area contributed by atoms with Gasteiger partial charge in [0.15, 0.2) is 0 Å². The van der Waals surface area contributed by atoms with Crippen LogP contribution in [0.4, 0.5) is 11.4 Å². The summed E-state index contributed by atoms with van der Waals surface area (Å²) >= 11 is 0. The van der Waals surface area contributed by atoms with E-state index in [9.17, 15) is 10.1 Å². The minimum absolute atomic E-state index is 0.163. The Morgan fingerprint density at radius 3 is 2.71 bits per heavy atom. The lowest BCUT2D eigenvalue weighted by atomic mass is 10.1. The minimum atomic E-state index is -0.351. The Labute approximate surface area is 101 Å². The van der Waals surface area contributed by atoms with Crippen LogP contribution in [0.5, 0.6) is 0 Å². The van der Waals surface area contributed by atoms with Gasteiger partial charge in [-0.3, -0.25) is 10.1 Å². The van der Waals surface area contributed by atoms with Crippen LogP contribution in [0, 0.1) is 17.0 Å². The number of hydrogen-bond acceptors (Lipinski definition) is 4. The van der Waals surface area contributed by atoms with Gasteiger partial charge < -0.3 is 10.6 Å². The topological polar surface area (TPSA) is 67.2 Å². The fraction of sp³-hybridized carbons (Fsp3) is 0.500. The summed E-state index contributed by atoms with van der Waals surface area (Å²) in [5.41, 5.74) is 1.68. The maximum atomic E-state index is 10.8. The highest BCUT2D eigenvalue weighted by Crippen LogP contribution is 2.24. The number of nitrogens with zero attached hydrogens (tertiary/aromatic N) is 1. The third-order valence-corrected chi connectivity index (χ3v) is 2.55. The first-order chi connectivity index (χ1) is 8.16. The Morgan fingerprint density at radius 2 is 2.06 bits per heavy atom. The first-order valence-corrected chi connectivity index (χ1v) is 5.85. The predicted octanol–water partition coefficient (Wildman–Crippen LogP) is 2.31. The van der Waals surface area contributed by atoms with Crippen molar-refractivity contribution in [1.82, 2.24) is 5.32 Å². The maximum absolute atomic E-state index is 10.8. The Hall–Kier alpha value is -1.62.